The van der Waals surface area contributed by atoms with Crippen LogP contribution in [0.2, 0.25) is 19.1 Å². The monoisotopic (exact) mass is 231 g/mol. The van der Waals surface area contributed by atoms with Crippen LogP contribution in [0.4, 0.5) is 0 Å². The second kappa shape index (κ2) is 5.87. The smallest absolute Gasteiger partial charge is 0.320 e. The van der Waals surface area contributed by atoms with Gasteiger partial charge >= 0.3 is 5.97 Å². The van der Waals surface area contributed by atoms with Crippen molar-refractivity contribution in [3.05, 3.63) is 0 Å². The predicted molar refractivity (Wildman–Crippen MR) is 64.7 cm³/mol. The van der Waals surface area contributed by atoms with Crippen molar-refractivity contribution in [2.75, 3.05) is 6.17 Å². The minimum atomic E-state index is -1.49. The highest BCUT2D eigenvalue weighted by Gasteiger charge is 2.23. The summed E-state index contributed by atoms with van der Waals surface area (Å²) >= 11 is 0. The predicted octanol–water partition coefficient (Wildman–Crippen LogP) is 0.413. The van der Waals surface area contributed by atoms with Crippen molar-refractivity contribution in [3.63, 3.8) is 0 Å². The lowest BCUT2D eigenvalue weighted by molar-refractivity contribution is -0.138. The van der Waals surface area contributed by atoms with E-state index in [1.54, 1.807) is 6.92 Å². The van der Waals surface area contributed by atoms with Crippen molar-refractivity contribution in [1.29, 1.82) is 0 Å². The topological polar surface area (TPSA) is 102 Å². The van der Waals surface area contributed by atoms with E-state index >= 15 is 0 Å². The molecule has 0 aromatic carbocycles. The second-order valence-electron chi connectivity index (χ2n) is 4.61. The average Bonchev–Trinajstić information content (AvgIpc) is 2.11. The molecule has 0 aliphatic heterocycles. The van der Waals surface area contributed by atoms with Crippen molar-refractivity contribution >= 4 is 19.9 Å². The molecule has 0 heterocycles. The fraction of sp³-hybridized carbons (Fsp3) is 0.778. The zero-order valence-electron chi connectivity index (χ0n) is 9.66. The highest BCUT2D eigenvalue weighted by atomic mass is 28.3. The number of carboxylic acids is 1. The van der Waals surface area contributed by atoms with E-state index in [4.69, 9.17) is 16.6 Å². The molecule has 1 atom stereocenters. The van der Waals surface area contributed by atoms with E-state index in [9.17, 15) is 4.79 Å². The third-order valence-electron chi connectivity index (χ3n) is 2.21. The van der Waals surface area contributed by atoms with Crippen LogP contribution < -0.4 is 11.5 Å². The number of aliphatic carboxylic acids is 1. The summed E-state index contributed by atoms with van der Waals surface area (Å²) in [6.07, 6.45) is 1.26. The molecule has 0 unspecified atom stereocenters. The van der Waals surface area contributed by atoms with Crippen LogP contribution in [0.1, 0.15) is 13.3 Å². The largest absolute Gasteiger partial charge is 0.480 e. The van der Waals surface area contributed by atoms with Crippen LogP contribution >= 0.6 is 0 Å². The number of nitrogens with zero attached hydrogens (tertiary/aromatic N) is 1. The molecule has 0 spiro atoms. The third kappa shape index (κ3) is 7.09. The molecule has 0 saturated carbocycles. The summed E-state index contributed by atoms with van der Waals surface area (Å²) in [5.74, 6) is -0.351. The lowest BCUT2D eigenvalue weighted by Gasteiger charge is -2.20. The normalized spacial score (nSPS) is 15.1. The Morgan fingerprint density at radius 1 is 1.53 bits per heavy atom. The number of carbonyl (C=O) groups is 1. The molecule has 0 saturated heterocycles. The number of carboxylic acid groups (broad SMARTS) is 1. The Labute approximate surface area is 91.6 Å². The number of rotatable bonds is 6. The van der Waals surface area contributed by atoms with Gasteiger partial charge in [-0.15, -0.1) is 0 Å². The summed E-state index contributed by atoms with van der Waals surface area (Å²) in [4.78, 5) is 14.7. The molecular formula is C9H21N3O2Si. The van der Waals surface area contributed by atoms with Crippen molar-refractivity contribution < 1.29 is 9.90 Å². The first-order valence-corrected chi connectivity index (χ1v) is 8.41. The van der Waals surface area contributed by atoms with E-state index in [0.29, 0.717) is 12.3 Å². The second-order valence-corrected chi connectivity index (χ2v) is 9.75. The zero-order chi connectivity index (χ0) is 12.1. The van der Waals surface area contributed by atoms with Gasteiger partial charge in [-0.1, -0.05) is 19.1 Å². The van der Waals surface area contributed by atoms with E-state index in [-0.39, 0.29) is 0 Å². The highest BCUT2D eigenvalue weighted by molar-refractivity contribution is 6.77. The van der Waals surface area contributed by atoms with E-state index in [1.807, 2.05) is 0 Å². The molecule has 0 rings (SSSR count). The van der Waals surface area contributed by atoms with E-state index < -0.39 is 20.1 Å². The van der Waals surface area contributed by atoms with Gasteiger partial charge in [0.1, 0.15) is 6.04 Å². The Kier molecular flexibility index (Phi) is 5.52. The van der Waals surface area contributed by atoms with E-state index in [0.717, 1.165) is 12.2 Å². The van der Waals surface area contributed by atoms with Gasteiger partial charge in [-0.05, 0) is 13.3 Å². The van der Waals surface area contributed by atoms with Crippen molar-refractivity contribution in [2.45, 2.75) is 38.5 Å². The Bertz CT molecular complexity index is 250. The molecule has 5 N–H and O–H groups in total. The number of hydrogen-bond acceptors (Lipinski definition) is 3. The summed E-state index contributed by atoms with van der Waals surface area (Å²) in [5, 5.41) is 8.64. The van der Waals surface area contributed by atoms with Crippen molar-refractivity contribution in [1.82, 2.24) is 0 Å². The first-order chi connectivity index (χ1) is 6.74. The molecule has 6 heteroatoms. The van der Waals surface area contributed by atoms with Crippen LogP contribution in [0.15, 0.2) is 4.99 Å². The van der Waals surface area contributed by atoms with Crippen LogP contribution in [0.3, 0.4) is 0 Å². The van der Waals surface area contributed by atoms with Gasteiger partial charge in [0.25, 0.3) is 0 Å². The molecule has 0 aliphatic rings. The lowest BCUT2D eigenvalue weighted by Crippen LogP contribution is -2.36. The summed E-state index contributed by atoms with van der Waals surface area (Å²) in [5.41, 5.74) is 10.9. The number of amidine groups is 1. The van der Waals surface area contributed by atoms with Crippen LogP contribution in [-0.2, 0) is 4.79 Å². The summed E-state index contributed by atoms with van der Waals surface area (Å²) in [6, 6.07) is 0.108. The van der Waals surface area contributed by atoms with Gasteiger partial charge < -0.3 is 16.6 Å². The molecule has 0 radical (unpaired) electrons. The maximum atomic E-state index is 10.5. The van der Waals surface area contributed by atoms with Crippen LogP contribution in [0.5, 0.6) is 0 Å². The molecule has 15 heavy (non-hydrogen) atoms. The molecule has 88 valence electrons. The quantitative estimate of drug-likeness (QED) is 0.350. The minimum absolute atomic E-state index is 0.522. The van der Waals surface area contributed by atoms with Gasteiger partial charge in [0.2, 0.25) is 0 Å². The Morgan fingerprint density at radius 2 is 2.07 bits per heavy atom. The van der Waals surface area contributed by atoms with Crippen LogP contribution in [0.25, 0.3) is 0 Å². The van der Waals surface area contributed by atoms with Gasteiger partial charge in [0, 0.05) is 6.17 Å². The van der Waals surface area contributed by atoms with Crippen LogP contribution in [0, 0.1) is 0 Å². The molecule has 0 aliphatic carbocycles. The Balaban J connectivity index is 4.04. The first-order valence-electron chi connectivity index (χ1n) is 4.99. The molecule has 0 aromatic heterocycles. The van der Waals surface area contributed by atoms with Gasteiger partial charge in [-0.2, -0.15) is 0 Å². The Hall–Kier alpha value is -0.883. The average molecular weight is 231 g/mol. The fourth-order valence-corrected chi connectivity index (χ4v) is 3.02. The molecule has 5 nitrogen and oxygen atoms in total. The molecule has 0 bridgehead atoms. The van der Waals surface area contributed by atoms with Crippen molar-refractivity contribution in [2.24, 2.45) is 16.5 Å². The number of nitrogens with two attached hydrogens (primary N) is 2. The standard InChI is InChI=1S/C9H21N3O2Si/c1-7(10)12-6-15(2,3)5-4-8(11)9(13)14/h8H,4-6,11H2,1-3H3,(H2,10,12)(H,13,14)/t8-/m0/s1. The highest BCUT2D eigenvalue weighted by Crippen LogP contribution is 2.13. The minimum Gasteiger partial charge on any atom is -0.480 e. The van der Waals surface area contributed by atoms with Crippen molar-refractivity contribution in [3.8, 4) is 0 Å². The number of aliphatic imine (C=N–C) groups is 1. The fourth-order valence-electron chi connectivity index (χ4n) is 1.09. The first kappa shape index (κ1) is 14.1. The van der Waals surface area contributed by atoms with E-state index in [2.05, 4.69) is 18.1 Å². The zero-order valence-corrected chi connectivity index (χ0v) is 10.7. The van der Waals surface area contributed by atoms with E-state index in [1.165, 1.54) is 0 Å². The third-order valence-corrected chi connectivity index (χ3v) is 4.86. The SMILES string of the molecule is CC(N)=NC[Si](C)(C)CC[C@H](N)C(=O)O. The molecular weight excluding hydrogens is 210 g/mol. The Morgan fingerprint density at radius 3 is 2.47 bits per heavy atom. The maximum Gasteiger partial charge on any atom is 0.320 e. The molecule has 0 fully saturated rings. The lowest BCUT2D eigenvalue weighted by atomic mass is 10.2. The molecule has 0 amide bonds. The number of hydrogen-bond donors (Lipinski definition) is 3. The van der Waals surface area contributed by atoms with Gasteiger partial charge in [0.15, 0.2) is 0 Å². The van der Waals surface area contributed by atoms with Gasteiger partial charge in [-0.25, -0.2) is 0 Å². The van der Waals surface area contributed by atoms with Crippen LogP contribution in [-0.4, -0.2) is 37.2 Å². The maximum absolute atomic E-state index is 10.5. The van der Waals surface area contributed by atoms with Gasteiger partial charge in [0.05, 0.1) is 13.9 Å². The molecule has 0 aromatic rings. The summed E-state index contributed by atoms with van der Waals surface area (Å²) in [7, 11) is -1.49. The summed E-state index contributed by atoms with van der Waals surface area (Å²) in [6.45, 7) is 6.08. The summed E-state index contributed by atoms with van der Waals surface area (Å²) < 4.78 is 0. The van der Waals surface area contributed by atoms with Gasteiger partial charge in [-0.3, -0.25) is 9.79 Å².